The van der Waals surface area contributed by atoms with Crippen molar-refractivity contribution in [2.45, 2.75) is 11.1 Å². The highest BCUT2D eigenvalue weighted by molar-refractivity contribution is 7.90. The molecule has 0 unspecified atom stereocenters. The van der Waals surface area contributed by atoms with E-state index in [4.69, 9.17) is 0 Å². The number of alkyl halides is 3. The van der Waals surface area contributed by atoms with Crippen LogP contribution in [0.2, 0.25) is 0 Å². The predicted octanol–water partition coefficient (Wildman–Crippen LogP) is 3.50. The van der Waals surface area contributed by atoms with Crippen LogP contribution in [0.3, 0.4) is 0 Å². The lowest BCUT2D eigenvalue weighted by atomic mass is 10.1. The van der Waals surface area contributed by atoms with E-state index in [1.165, 1.54) is 0 Å². The average molecular weight is 361 g/mol. The number of carbonyl (C=O) groups excluding carboxylic acids is 1. The number of anilines is 1. The summed E-state index contributed by atoms with van der Waals surface area (Å²) in [6.45, 7) is 0. The minimum Gasteiger partial charge on any atom is -0.322 e. The maximum Gasteiger partial charge on any atom is 0.416 e. The van der Waals surface area contributed by atoms with Crippen molar-refractivity contribution >= 4 is 21.4 Å². The predicted molar refractivity (Wildman–Crippen MR) is 78.9 cm³/mol. The number of carbonyl (C=O) groups is 1. The van der Waals surface area contributed by atoms with Crippen LogP contribution in [0, 0.1) is 5.82 Å². The van der Waals surface area contributed by atoms with E-state index in [1.807, 2.05) is 0 Å². The number of rotatable bonds is 3. The highest BCUT2D eigenvalue weighted by Gasteiger charge is 2.30. The van der Waals surface area contributed by atoms with Gasteiger partial charge < -0.3 is 5.32 Å². The van der Waals surface area contributed by atoms with E-state index >= 15 is 0 Å². The largest absolute Gasteiger partial charge is 0.416 e. The maximum absolute atomic E-state index is 13.5. The molecule has 0 aromatic heterocycles. The number of sulfone groups is 1. The number of benzene rings is 2. The van der Waals surface area contributed by atoms with Crippen LogP contribution in [0.25, 0.3) is 0 Å². The Bertz CT molecular complexity index is 875. The Balaban J connectivity index is 2.24. The highest BCUT2D eigenvalue weighted by atomic mass is 32.2. The molecule has 0 aliphatic carbocycles. The molecule has 0 radical (unpaired) electrons. The van der Waals surface area contributed by atoms with Crippen LogP contribution in [0.5, 0.6) is 0 Å². The van der Waals surface area contributed by atoms with Gasteiger partial charge in [-0.15, -0.1) is 0 Å². The second kappa shape index (κ2) is 6.23. The summed E-state index contributed by atoms with van der Waals surface area (Å²) in [6, 6.07) is 6.47. The second-order valence-electron chi connectivity index (χ2n) is 4.95. The van der Waals surface area contributed by atoms with Crippen molar-refractivity contribution in [1.82, 2.24) is 0 Å². The number of hydrogen-bond acceptors (Lipinski definition) is 3. The normalized spacial score (nSPS) is 12.0. The zero-order valence-electron chi connectivity index (χ0n) is 12.2. The van der Waals surface area contributed by atoms with Crippen molar-refractivity contribution in [3.05, 3.63) is 59.4 Å². The lowest BCUT2D eigenvalue weighted by Gasteiger charge is -2.09. The third kappa shape index (κ3) is 4.10. The minimum absolute atomic E-state index is 0.0817. The molecule has 0 aliphatic heterocycles. The summed E-state index contributed by atoms with van der Waals surface area (Å²) < 4.78 is 73.8. The maximum atomic E-state index is 13.5. The van der Waals surface area contributed by atoms with Gasteiger partial charge >= 0.3 is 6.18 Å². The SMILES string of the molecule is CS(=O)(=O)c1cc(C(=O)Nc2ccc(C(F)(F)F)cc2)ccc1F. The second-order valence-corrected chi connectivity index (χ2v) is 6.93. The Morgan fingerprint density at radius 3 is 2.12 bits per heavy atom. The molecule has 1 amide bonds. The van der Waals surface area contributed by atoms with Crippen molar-refractivity contribution in [2.24, 2.45) is 0 Å². The number of hydrogen-bond donors (Lipinski definition) is 1. The van der Waals surface area contributed by atoms with Gasteiger partial charge in [-0.05, 0) is 42.5 Å². The summed E-state index contributed by atoms with van der Waals surface area (Å²) in [6.07, 6.45) is -3.70. The van der Waals surface area contributed by atoms with Crippen molar-refractivity contribution in [1.29, 1.82) is 0 Å². The molecular weight excluding hydrogens is 350 g/mol. The summed E-state index contributed by atoms with van der Waals surface area (Å²) in [5, 5.41) is 2.31. The first-order valence-corrected chi connectivity index (χ1v) is 8.36. The lowest BCUT2D eigenvalue weighted by molar-refractivity contribution is -0.137. The molecule has 0 heterocycles. The van der Waals surface area contributed by atoms with Crippen LogP contribution < -0.4 is 5.32 Å². The van der Waals surface area contributed by atoms with E-state index in [2.05, 4.69) is 5.32 Å². The third-order valence-corrected chi connectivity index (χ3v) is 4.17. The van der Waals surface area contributed by atoms with Crippen LogP contribution in [0.1, 0.15) is 15.9 Å². The Morgan fingerprint density at radius 1 is 1.04 bits per heavy atom. The number of amides is 1. The van der Waals surface area contributed by atoms with Gasteiger partial charge in [0.05, 0.1) is 5.56 Å². The molecule has 0 atom stereocenters. The fourth-order valence-corrected chi connectivity index (χ4v) is 2.64. The monoisotopic (exact) mass is 361 g/mol. The van der Waals surface area contributed by atoms with Gasteiger partial charge in [-0.1, -0.05) is 0 Å². The van der Waals surface area contributed by atoms with Crippen LogP contribution in [0.4, 0.5) is 23.2 Å². The first-order valence-electron chi connectivity index (χ1n) is 6.47. The van der Waals surface area contributed by atoms with Gasteiger partial charge in [0.25, 0.3) is 5.91 Å². The van der Waals surface area contributed by atoms with Crippen LogP contribution in [-0.2, 0) is 16.0 Å². The molecule has 0 aliphatic rings. The van der Waals surface area contributed by atoms with E-state index in [-0.39, 0.29) is 11.3 Å². The molecule has 1 N–H and O–H groups in total. The van der Waals surface area contributed by atoms with Gasteiger partial charge in [-0.25, -0.2) is 12.8 Å². The zero-order valence-corrected chi connectivity index (χ0v) is 13.0. The Labute approximate surface area is 135 Å². The third-order valence-electron chi connectivity index (χ3n) is 3.06. The first kappa shape index (κ1) is 17.9. The Morgan fingerprint density at radius 2 is 1.62 bits per heavy atom. The Hall–Kier alpha value is -2.42. The van der Waals surface area contributed by atoms with Crippen molar-refractivity contribution < 1.29 is 30.8 Å². The summed E-state index contributed by atoms with van der Waals surface area (Å²) in [7, 11) is -3.86. The molecular formula is C15H11F4NO3S. The lowest BCUT2D eigenvalue weighted by Crippen LogP contribution is -2.14. The molecule has 0 spiro atoms. The fourth-order valence-electron chi connectivity index (χ4n) is 1.87. The van der Waals surface area contributed by atoms with E-state index in [9.17, 15) is 30.8 Å². The molecule has 128 valence electrons. The fraction of sp³-hybridized carbons (Fsp3) is 0.133. The average Bonchev–Trinajstić information content (AvgIpc) is 2.46. The standard InChI is InChI=1S/C15H11F4NO3S/c1-24(22,23)13-8-9(2-7-12(13)16)14(21)20-11-5-3-10(4-6-11)15(17,18)19/h2-8H,1H3,(H,20,21). The van der Waals surface area contributed by atoms with Crippen LogP contribution in [0.15, 0.2) is 47.4 Å². The summed E-state index contributed by atoms with van der Waals surface area (Å²) >= 11 is 0. The summed E-state index contributed by atoms with van der Waals surface area (Å²) in [4.78, 5) is 11.4. The smallest absolute Gasteiger partial charge is 0.322 e. The molecule has 2 rings (SSSR count). The van der Waals surface area contributed by atoms with Crippen molar-refractivity contribution in [3.63, 3.8) is 0 Å². The van der Waals surface area contributed by atoms with E-state index in [0.29, 0.717) is 0 Å². The number of nitrogens with one attached hydrogen (secondary N) is 1. The van der Waals surface area contributed by atoms with E-state index < -0.39 is 38.2 Å². The van der Waals surface area contributed by atoms with Crippen LogP contribution in [-0.4, -0.2) is 20.6 Å². The van der Waals surface area contributed by atoms with Crippen molar-refractivity contribution in [3.8, 4) is 0 Å². The summed E-state index contributed by atoms with van der Waals surface area (Å²) in [5.41, 5.74) is -0.934. The quantitative estimate of drug-likeness (QED) is 0.851. The van der Waals surface area contributed by atoms with Gasteiger partial charge in [-0.3, -0.25) is 4.79 Å². The first-order chi connectivity index (χ1) is 11.0. The molecule has 0 saturated heterocycles. The Kier molecular flexibility index (Phi) is 4.66. The zero-order chi connectivity index (χ0) is 18.1. The van der Waals surface area contributed by atoms with Gasteiger partial charge in [0.1, 0.15) is 10.7 Å². The molecule has 0 fully saturated rings. The molecule has 24 heavy (non-hydrogen) atoms. The highest BCUT2D eigenvalue weighted by Crippen LogP contribution is 2.30. The van der Waals surface area contributed by atoms with Crippen molar-refractivity contribution in [2.75, 3.05) is 11.6 Å². The van der Waals surface area contributed by atoms with E-state index in [0.717, 1.165) is 48.7 Å². The molecule has 2 aromatic rings. The molecule has 0 saturated carbocycles. The summed E-state index contributed by atoms with van der Waals surface area (Å²) in [5.74, 6) is -1.77. The van der Waals surface area contributed by atoms with Crippen LogP contribution >= 0.6 is 0 Å². The molecule has 9 heteroatoms. The number of halogens is 4. The topological polar surface area (TPSA) is 63.2 Å². The van der Waals surface area contributed by atoms with Gasteiger partial charge in [0.2, 0.25) is 0 Å². The van der Waals surface area contributed by atoms with E-state index in [1.54, 1.807) is 0 Å². The van der Waals surface area contributed by atoms with Gasteiger partial charge in [-0.2, -0.15) is 13.2 Å². The molecule has 0 bridgehead atoms. The van der Waals surface area contributed by atoms with Gasteiger partial charge in [0.15, 0.2) is 9.84 Å². The minimum atomic E-state index is -4.50. The molecule has 4 nitrogen and oxygen atoms in total. The van der Waals surface area contributed by atoms with Gasteiger partial charge in [0, 0.05) is 17.5 Å². The molecule has 2 aromatic carbocycles.